The normalized spacial score (nSPS) is 10.5. The van der Waals surface area contributed by atoms with Gasteiger partial charge in [0.2, 0.25) is 0 Å². The summed E-state index contributed by atoms with van der Waals surface area (Å²) in [5.41, 5.74) is 1.16. The Labute approximate surface area is 147 Å². The van der Waals surface area contributed by atoms with E-state index >= 15 is 0 Å². The van der Waals surface area contributed by atoms with Crippen LogP contribution in [0.3, 0.4) is 0 Å². The molecule has 124 valence electrons. The van der Waals surface area contributed by atoms with Crippen molar-refractivity contribution in [2.24, 2.45) is 0 Å². The number of aromatic nitrogens is 1. The number of amides is 2. The van der Waals surface area contributed by atoms with Crippen LogP contribution in [-0.4, -0.2) is 25.2 Å². The quantitative estimate of drug-likeness (QED) is 0.709. The number of nitrogens with one attached hydrogen (secondary N) is 2. The van der Waals surface area contributed by atoms with Crippen molar-refractivity contribution >= 4 is 50.0 Å². The molecule has 8 heteroatoms. The van der Waals surface area contributed by atoms with Crippen LogP contribution in [-0.2, 0) is 0 Å². The van der Waals surface area contributed by atoms with Crippen LogP contribution in [0.15, 0.2) is 36.4 Å². The lowest BCUT2D eigenvalue weighted by atomic mass is 10.2. The van der Waals surface area contributed by atoms with E-state index in [2.05, 4.69) is 15.6 Å². The number of nitrogens with zero attached hydrogens (tertiary/aromatic N) is 1. The van der Waals surface area contributed by atoms with Gasteiger partial charge in [-0.3, -0.25) is 5.32 Å². The largest absolute Gasteiger partial charge is 0.497 e. The minimum atomic E-state index is -0.434. The Bertz CT molecular complexity index is 897. The molecule has 0 unspecified atom stereocenters. The first-order valence-electron chi connectivity index (χ1n) is 6.96. The fraction of sp³-hybridized carbons (Fsp3) is 0.125. The lowest BCUT2D eigenvalue weighted by Crippen LogP contribution is -2.19. The van der Waals surface area contributed by atoms with Gasteiger partial charge in [-0.25, -0.2) is 9.78 Å². The van der Waals surface area contributed by atoms with Gasteiger partial charge in [-0.1, -0.05) is 29.0 Å². The van der Waals surface area contributed by atoms with Crippen LogP contribution in [0.5, 0.6) is 11.5 Å². The molecule has 0 fully saturated rings. The maximum atomic E-state index is 12.2. The summed E-state index contributed by atoms with van der Waals surface area (Å²) in [6.45, 7) is 0. The summed E-state index contributed by atoms with van der Waals surface area (Å²) in [7, 11) is 3.08. The zero-order chi connectivity index (χ0) is 17.1. The zero-order valence-electron chi connectivity index (χ0n) is 12.9. The van der Waals surface area contributed by atoms with E-state index < -0.39 is 6.03 Å². The van der Waals surface area contributed by atoms with Crippen LogP contribution < -0.4 is 20.1 Å². The Hall–Kier alpha value is -2.51. The van der Waals surface area contributed by atoms with Crippen LogP contribution in [0, 0.1) is 0 Å². The minimum absolute atomic E-state index is 0.434. The van der Waals surface area contributed by atoms with Gasteiger partial charge in [-0.05, 0) is 24.3 Å². The summed E-state index contributed by atoms with van der Waals surface area (Å²) in [5, 5.41) is 6.42. The molecule has 0 aliphatic heterocycles. The highest BCUT2D eigenvalue weighted by atomic mass is 35.5. The van der Waals surface area contributed by atoms with Crippen molar-refractivity contribution < 1.29 is 14.3 Å². The monoisotopic (exact) mass is 363 g/mol. The molecule has 2 amide bonds. The van der Waals surface area contributed by atoms with Crippen molar-refractivity contribution in [2.75, 3.05) is 24.9 Å². The summed E-state index contributed by atoms with van der Waals surface area (Å²) in [6, 6.07) is 10.2. The molecule has 2 aromatic carbocycles. The number of thiazole rings is 1. The van der Waals surface area contributed by atoms with Crippen molar-refractivity contribution in [1.82, 2.24) is 4.98 Å². The van der Waals surface area contributed by atoms with E-state index in [1.54, 1.807) is 31.4 Å². The van der Waals surface area contributed by atoms with Gasteiger partial charge >= 0.3 is 6.03 Å². The second-order valence-corrected chi connectivity index (χ2v) is 6.19. The summed E-state index contributed by atoms with van der Waals surface area (Å²) in [4.78, 5) is 16.6. The second kappa shape index (κ2) is 6.94. The second-order valence-electron chi connectivity index (χ2n) is 4.75. The molecule has 0 bridgehead atoms. The SMILES string of the molecule is COc1ccc(OC)c(NC(=O)Nc2nc3c(Cl)cccc3s2)c1. The highest BCUT2D eigenvalue weighted by molar-refractivity contribution is 7.22. The molecular formula is C16H14ClN3O3S. The van der Waals surface area contributed by atoms with Gasteiger partial charge in [0.25, 0.3) is 0 Å². The summed E-state index contributed by atoms with van der Waals surface area (Å²) in [6.07, 6.45) is 0. The Morgan fingerprint density at radius 1 is 1.17 bits per heavy atom. The fourth-order valence-electron chi connectivity index (χ4n) is 2.13. The molecule has 2 N–H and O–H groups in total. The Morgan fingerprint density at radius 2 is 2.00 bits per heavy atom. The van der Waals surface area contributed by atoms with E-state index in [1.165, 1.54) is 18.4 Å². The number of halogens is 1. The minimum Gasteiger partial charge on any atom is -0.497 e. The first-order chi connectivity index (χ1) is 11.6. The zero-order valence-corrected chi connectivity index (χ0v) is 14.5. The van der Waals surface area contributed by atoms with Crippen molar-refractivity contribution in [3.63, 3.8) is 0 Å². The first kappa shape index (κ1) is 16.4. The number of anilines is 2. The molecule has 1 heterocycles. The Balaban J connectivity index is 1.78. The molecule has 0 spiro atoms. The van der Waals surface area contributed by atoms with Gasteiger partial charge < -0.3 is 14.8 Å². The maximum Gasteiger partial charge on any atom is 0.325 e. The van der Waals surface area contributed by atoms with E-state index in [4.69, 9.17) is 21.1 Å². The summed E-state index contributed by atoms with van der Waals surface area (Å²) < 4.78 is 11.3. The number of para-hydroxylation sites is 1. The standard InChI is InChI=1S/C16H14ClN3O3S/c1-22-9-6-7-12(23-2)11(8-9)18-15(21)20-16-19-14-10(17)4-3-5-13(14)24-16/h3-8H,1-2H3,(H2,18,19,20,21). The molecule has 0 saturated carbocycles. The molecule has 24 heavy (non-hydrogen) atoms. The molecule has 0 aliphatic carbocycles. The third-order valence-electron chi connectivity index (χ3n) is 3.25. The number of benzene rings is 2. The summed E-state index contributed by atoms with van der Waals surface area (Å²) in [5.74, 6) is 1.14. The van der Waals surface area contributed by atoms with Gasteiger partial charge in [0.15, 0.2) is 5.13 Å². The smallest absolute Gasteiger partial charge is 0.325 e. The van der Waals surface area contributed by atoms with Crippen molar-refractivity contribution in [3.8, 4) is 11.5 Å². The van der Waals surface area contributed by atoms with Gasteiger partial charge in [-0.15, -0.1) is 0 Å². The van der Waals surface area contributed by atoms with Crippen LogP contribution in [0.25, 0.3) is 10.2 Å². The highest BCUT2D eigenvalue weighted by Gasteiger charge is 2.12. The van der Waals surface area contributed by atoms with Crippen LogP contribution in [0.2, 0.25) is 5.02 Å². The molecule has 0 saturated heterocycles. The fourth-order valence-corrected chi connectivity index (χ4v) is 3.29. The number of rotatable bonds is 4. The van der Waals surface area contributed by atoms with Crippen molar-refractivity contribution in [1.29, 1.82) is 0 Å². The van der Waals surface area contributed by atoms with Crippen LogP contribution >= 0.6 is 22.9 Å². The molecule has 0 atom stereocenters. The van der Waals surface area contributed by atoms with Gasteiger partial charge in [-0.2, -0.15) is 0 Å². The number of hydrogen-bond donors (Lipinski definition) is 2. The predicted octanol–water partition coefficient (Wildman–Crippen LogP) is 4.61. The lowest BCUT2D eigenvalue weighted by Gasteiger charge is -2.11. The van der Waals surface area contributed by atoms with Crippen LogP contribution in [0.1, 0.15) is 0 Å². The van der Waals surface area contributed by atoms with Gasteiger partial charge in [0.05, 0.1) is 29.6 Å². The van der Waals surface area contributed by atoms with Crippen LogP contribution in [0.4, 0.5) is 15.6 Å². The van der Waals surface area contributed by atoms with Gasteiger partial charge in [0.1, 0.15) is 17.0 Å². The van der Waals surface area contributed by atoms with Crippen molar-refractivity contribution in [3.05, 3.63) is 41.4 Å². The molecular weight excluding hydrogens is 350 g/mol. The molecule has 0 aliphatic rings. The number of urea groups is 1. The lowest BCUT2D eigenvalue weighted by molar-refractivity contribution is 0.262. The predicted molar refractivity (Wildman–Crippen MR) is 96.8 cm³/mol. The van der Waals surface area contributed by atoms with Crippen molar-refractivity contribution in [2.45, 2.75) is 0 Å². The van der Waals surface area contributed by atoms with E-state index in [9.17, 15) is 4.79 Å². The Morgan fingerprint density at radius 3 is 2.71 bits per heavy atom. The first-order valence-corrected chi connectivity index (χ1v) is 8.15. The number of ether oxygens (including phenoxy) is 2. The third kappa shape index (κ3) is 3.37. The average molecular weight is 364 g/mol. The maximum absolute atomic E-state index is 12.2. The third-order valence-corrected chi connectivity index (χ3v) is 4.49. The van der Waals surface area contributed by atoms with Gasteiger partial charge in [0, 0.05) is 6.07 Å². The molecule has 3 aromatic rings. The average Bonchev–Trinajstić information content (AvgIpc) is 2.98. The molecule has 1 aromatic heterocycles. The number of carbonyl (C=O) groups excluding carboxylic acids is 1. The number of carbonyl (C=O) groups is 1. The van der Waals surface area contributed by atoms with E-state index in [0.717, 1.165) is 4.70 Å². The molecule has 0 radical (unpaired) electrons. The van der Waals surface area contributed by atoms with E-state index in [1.807, 2.05) is 12.1 Å². The molecule has 6 nitrogen and oxygen atoms in total. The highest BCUT2D eigenvalue weighted by Crippen LogP contribution is 2.32. The number of methoxy groups -OCH3 is 2. The number of hydrogen-bond acceptors (Lipinski definition) is 5. The topological polar surface area (TPSA) is 72.5 Å². The number of fused-ring (bicyclic) bond motifs is 1. The summed E-state index contributed by atoms with van der Waals surface area (Å²) >= 11 is 7.44. The Kier molecular flexibility index (Phi) is 4.73. The molecule has 3 rings (SSSR count). The van der Waals surface area contributed by atoms with E-state index in [0.29, 0.717) is 32.9 Å². The van der Waals surface area contributed by atoms with E-state index in [-0.39, 0.29) is 0 Å².